The fraction of sp³-hybridized carbons (Fsp3) is 0.389. The minimum Gasteiger partial charge on any atom is -0.464 e. The Hall–Kier alpha value is -1.82. The van der Waals surface area contributed by atoms with Crippen molar-refractivity contribution < 1.29 is 9.53 Å². The maximum Gasteiger partial charge on any atom is 0.354 e. The van der Waals surface area contributed by atoms with Crippen molar-refractivity contribution >= 4 is 18.4 Å². The summed E-state index contributed by atoms with van der Waals surface area (Å²) in [6, 6.07) is 12.4. The number of hydrogen-bond acceptors (Lipinski definition) is 4. The third-order valence-electron chi connectivity index (χ3n) is 4.60. The lowest BCUT2D eigenvalue weighted by atomic mass is 9.89. The van der Waals surface area contributed by atoms with E-state index < -0.39 is 0 Å². The maximum absolute atomic E-state index is 11.5. The van der Waals surface area contributed by atoms with Crippen molar-refractivity contribution in [3.05, 3.63) is 59.4 Å². The van der Waals surface area contributed by atoms with E-state index in [0.29, 0.717) is 24.1 Å². The van der Waals surface area contributed by atoms with Crippen LogP contribution in [0.3, 0.4) is 0 Å². The number of likely N-dealkylation sites (tertiary alicyclic amines) is 1. The van der Waals surface area contributed by atoms with Crippen molar-refractivity contribution in [2.24, 2.45) is 11.7 Å². The van der Waals surface area contributed by atoms with Crippen molar-refractivity contribution in [1.29, 1.82) is 0 Å². The second kappa shape index (κ2) is 8.33. The highest BCUT2D eigenvalue weighted by molar-refractivity contribution is 5.87. The summed E-state index contributed by atoms with van der Waals surface area (Å²) in [5.41, 5.74) is 8.93. The Morgan fingerprint density at radius 1 is 1.33 bits per heavy atom. The highest BCUT2D eigenvalue weighted by Crippen LogP contribution is 2.32. The second-order valence-electron chi connectivity index (χ2n) is 6.12. The van der Waals surface area contributed by atoms with E-state index >= 15 is 0 Å². The Balaban J connectivity index is 0.00000208. The van der Waals surface area contributed by atoms with Gasteiger partial charge >= 0.3 is 5.97 Å². The van der Waals surface area contributed by atoms with E-state index in [4.69, 9.17) is 10.5 Å². The number of rotatable bonds is 5. The molecule has 6 heteroatoms. The number of methoxy groups -OCH3 is 1. The number of nitrogens with one attached hydrogen (secondary N) is 1. The third-order valence-corrected chi connectivity index (χ3v) is 4.60. The minimum absolute atomic E-state index is 0. The number of benzene rings is 1. The highest BCUT2D eigenvalue weighted by Gasteiger charge is 2.32. The summed E-state index contributed by atoms with van der Waals surface area (Å²) in [6.45, 7) is 3.48. The minimum atomic E-state index is -0.334. The normalized spacial score (nSPS) is 20.6. The molecule has 0 aliphatic carbocycles. The fourth-order valence-corrected chi connectivity index (χ4v) is 3.42. The highest BCUT2D eigenvalue weighted by atomic mass is 35.5. The van der Waals surface area contributed by atoms with Gasteiger partial charge in [-0.3, -0.25) is 4.90 Å². The number of esters is 1. The van der Waals surface area contributed by atoms with Crippen LogP contribution >= 0.6 is 12.4 Å². The first-order valence-electron chi connectivity index (χ1n) is 7.94. The summed E-state index contributed by atoms with van der Waals surface area (Å²) in [5.74, 6) is 0.608. The molecule has 1 aliphatic heterocycles. The van der Waals surface area contributed by atoms with Gasteiger partial charge in [0.15, 0.2) is 0 Å². The number of carbonyl (C=O) groups excluding carboxylic acids is 1. The molecule has 0 saturated carbocycles. The first-order valence-corrected chi connectivity index (χ1v) is 7.94. The number of aromatic amines is 1. The van der Waals surface area contributed by atoms with Gasteiger partial charge in [0.1, 0.15) is 5.69 Å². The van der Waals surface area contributed by atoms with Gasteiger partial charge in [0.25, 0.3) is 0 Å². The SMILES string of the molecule is COC(=O)c1cc(CN2C[C@@H](CN)[C@H](c3ccccc3)C2)c[nH]1.Cl. The molecule has 1 aliphatic rings. The molecule has 0 unspecified atom stereocenters. The van der Waals surface area contributed by atoms with Gasteiger partial charge in [0.05, 0.1) is 7.11 Å². The molecule has 0 spiro atoms. The lowest BCUT2D eigenvalue weighted by Gasteiger charge is -2.16. The number of ether oxygens (including phenoxy) is 1. The molecule has 0 bridgehead atoms. The molecule has 0 radical (unpaired) electrons. The predicted molar refractivity (Wildman–Crippen MR) is 96.4 cm³/mol. The van der Waals surface area contributed by atoms with Crippen molar-refractivity contribution in [3.8, 4) is 0 Å². The Bertz CT molecular complexity index is 659. The number of carbonyl (C=O) groups is 1. The zero-order chi connectivity index (χ0) is 16.2. The Morgan fingerprint density at radius 2 is 2.08 bits per heavy atom. The summed E-state index contributed by atoms with van der Waals surface area (Å²) >= 11 is 0. The molecule has 0 amide bonds. The summed E-state index contributed by atoms with van der Waals surface area (Å²) in [6.07, 6.45) is 1.87. The van der Waals surface area contributed by atoms with Crippen LogP contribution in [0.25, 0.3) is 0 Å². The van der Waals surface area contributed by atoms with Crippen LogP contribution in [0.5, 0.6) is 0 Å². The van der Waals surface area contributed by atoms with E-state index in [1.54, 1.807) is 0 Å². The molecular weight excluding hydrogens is 326 g/mol. The van der Waals surface area contributed by atoms with Gasteiger partial charge < -0.3 is 15.5 Å². The predicted octanol–water partition coefficient (Wildman–Crippen LogP) is 2.40. The summed E-state index contributed by atoms with van der Waals surface area (Å²) in [5, 5.41) is 0. The molecule has 24 heavy (non-hydrogen) atoms. The van der Waals surface area contributed by atoms with E-state index in [1.807, 2.05) is 18.3 Å². The number of aromatic nitrogens is 1. The molecule has 1 saturated heterocycles. The van der Waals surface area contributed by atoms with Crippen LogP contribution in [-0.2, 0) is 11.3 Å². The number of nitrogens with two attached hydrogens (primary N) is 1. The molecule has 1 fully saturated rings. The Kier molecular flexibility index (Phi) is 6.43. The molecule has 2 aromatic rings. The monoisotopic (exact) mass is 349 g/mol. The van der Waals surface area contributed by atoms with E-state index in [9.17, 15) is 4.79 Å². The summed E-state index contributed by atoms with van der Waals surface area (Å²) in [4.78, 5) is 16.9. The Labute approximate surface area is 148 Å². The average molecular weight is 350 g/mol. The lowest BCUT2D eigenvalue weighted by molar-refractivity contribution is 0.0595. The second-order valence-corrected chi connectivity index (χ2v) is 6.12. The van der Waals surface area contributed by atoms with Crippen LogP contribution < -0.4 is 5.73 Å². The molecule has 1 aromatic heterocycles. The lowest BCUT2D eigenvalue weighted by Crippen LogP contribution is -2.23. The zero-order valence-corrected chi connectivity index (χ0v) is 14.6. The molecule has 2 atom stereocenters. The molecule has 1 aromatic carbocycles. The number of nitrogens with zero attached hydrogens (tertiary/aromatic N) is 1. The Morgan fingerprint density at radius 3 is 2.75 bits per heavy atom. The van der Waals surface area contributed by atoms with Crippen LogP contribution in [0.4, 0.5) is 0 Å². The molecule has 3 rings (SSSR count). The molecular formula is C18H24ClN3O2. The van der Waals surface area contributed by atoms with Gasteiger partial charge in [-0.05, 0) is 29.7 Å². The van der Waals surface area contributed by atoms with Crippen molar-refractivity contribution in [2.45, 2.75) is 12.5 Å². The first-order chi connectivity index (χ1) is 11.2. The standard InChI is InChI=1S/C18H23N3O2.ClH/c1-23-18(22)17-7-13(9-20-17)10-21-11-15(8-19)16(12-21)14-5-3-2-4-6-14;/h2-7,9,15-16,20H,8,10-12,19H2,1H3;1H/t15-,16+;/m1./s1. The number of halogens is 1. The fourth-order valence-electron chi connectivity index (χ4n) is 3.42. The van der Waals surface area contributed by atoms with Gasteiger partial charge in [0, 0.05) is 31.7 Å². The van der Waals surface area contributed by atoms with Gasteiger partial charge in [-0.25, -0.2) is 4.79 Å². The van der Waals surface area contributed by atoms with Crippen LogP contribution in [0, 0.1) is 5.92 Å². The van der Waals surface area contributed by atoms with E-state index in [2.05, 4.69) is 34.1 Å². The quantitative estimate of drug-likeness (QED) is 0.813. The molecule has 2 heterocycles. The van der Waals surface area contributed by atoms with Gasteiger partial charge in [-0.1, -0.05) is 30.3 Å². The first kappa shape index (κ1) is 18.5. The number of H-pyrrole nitrogens is 1. The van der Waals surface area contributed by atoms with E-state index in [1.165, 1.54) is 12.7 Å². The van der Waals surface area contributed by atoms with E-state index in [-0.39, 0.29) is 18.4 Å². The molecule has 130 valence electrons. The van der Waals surface area contributed by atoms with Crippen LogP contribution in [0.1, 0.15) is 27.5 Å². The topological polar surface area (TPSA) is 71.3 Å². The summed E-state index contributed by atoms with van der Waals surface area (Å²) < 4.78 is 4.73. The third kappa shape index (κ3) is 3.98. The average Bonchev–Trinajstić information content (AvgIpc) is 3.22. The van der Waals surface area contributed by atoms with Crippen LogP contribution in [0.2, 0.25) is 0 Å². The van der Waals surface area contributed by atoms with Crippen LogP contribution in [-0.4, -0.2) is 42.6 Å². The molecule has 3 N–H and O–H groups in total. The van der Waals surface area contributed by atoms with Gasteiger partial charge in [-0.2, -0.15) is 0 Å². The van der Waals surface area contributed by atoms with Crippen molar-refractivity contribution in [2.75, 3.05) is 26.7 Å². The van der Waals surface area contributed by atoms with Gasteiger partial charge in [0.2, 0.25) is 0 Å². The van der Waals surface area contributed by atoms with E-state index in [0.717, 1.165) is 25.2 Å². The van der Waals surface area contributed by atoms with Crippen molar-refractivity contribution in [3.63, 3.8) is 0 Å². The maximum atomic E-state index is 11.5. The summed E-state index contributed by atoms with van der Waals surface area (Å²) in [7, 11) is 1.39. The van der Waals surface area contributed by atoms with Gasteiger partial charge in [-0.15, -0.1) is 12.4 Å². The zero-order valence-electron chi connectivity index (χ0n) is 13.8. The van der Waals surface area contributed by atoms with Crippen molar-refractivity contribution in [1.82, 2.24) is 9.88 Å². The number of hydrogen-bond donors (Lipinski definition) is 2. The smallest absolute Gasteiger partial charge is 0.354 e. The molecule has 5 nitrogen and oxygen atoms in total. The largest absolute Gasteiger partial charge is 0.464 e. The van der Waals surface area contributed by atoms with Crippen LogP contribution in [0.15, 0.2) is 42.6 Å².